The van der Waals surface area contributed by atoms with Gasteiger partial charge in [0.2, 0.25) is 5.91 Å². The molecule has 0 radical (unpaired) electrons. The highest BCUT2D eigenvalue weighted by atomic mass is 16.6. The molecule has 0 aromatic heterocycles. The smallest absolute Gasteiger partial charge is 0.293 e. The molecule has 0 bridgehead atoms. The van der Waals surface area contributed by atoms with Crippen LogP contribution in [0.1, 0.15) is 31.7 Å². The fourth-order valence-electron chi connectivity index (χ4n) is 3.80. The zero-order valence-electron chi connectivity index (χ0n) is 16.0. The number of piperazine rings is 1. The molecule has 0 aliphatic carbocycles. The number of nitrogens with zero attached hydrogens (tertiary/aromatic N) is 4. The summed E-state index contributed by atoms with van der Waals surface area (Å²) in [5.41, 5.74) is 1.47. The van der Waals surface area contributed by atoms with Crippen LogP contribution >= 0.6 is 0 Å². The highest BCUT2D eigenvalue weighted by Crippen LogP contribution is 2.32. The standard InChI is InChI=1S/C20H28N4O3/c1-2-9-21-12-14-23(15-13-21)20(25)8-6-17-5-7-18(19(16-17)24(26)27)22-10-3-4-11-22/h5-8,16H,2-4,9-15H2,1H3. The SMILES string of the molecule is CCCN1CCN(C(=O)C=Cc2ccc(N3CCCC3)c([N+](=O)[O-])c2)CC1. The lowest BCUT2D eigenvalue weighted by atomic mass is 10.1. The van der Waals surface area contributed by atoms with Gasteiger partial charge in [0.25, 0.3) is 5.69 Å². The molecule has 1 aromatic rings. The highest BCUT2D eigenvalue weighted by Gasteiger charge is 2.22. The number of anilines is 1. The molecule has 2 saturated heterocycles. The first-order chi connectivity index (χ1) is 13.1. The number of rotatable bonds is 6. The second-order valence-corrected chi connectivity index (χ2v) is 7.20. The van der Waals surface area contributed by atoms with Crippen molar-refractivity contribution >= 4 is 23.4 Å². The molecule has 2 fully saturated rings. The van der Waals surface area contributed by atoms with E-state index in [1.807, 2.05) is 11.0 Å². The van der Waals surface area contributed by atoms with Crippen molar-refractivity contribution in [3.05, 3.63) is 40.0 Å². The summed E-state index contributed by atoms with van der Waals surface area (Å²) in [7, 11) is 0. The molecule has 27 heavy (non-hydrogen) atoms. The van der Waals surface area contributed by atoms with E-state index in [-0.39, 0.29) is 16.5 Å². The molecule has 0 spiro atoms. The number of hydrogen-bond donors (Lipinski definition) is 0. The first-order valence-electron chi connectivity index (χ1n) is 9.81. The van der Waals surface area contributed by atoms with Crippen LogP contribution in [0, 0.1) is 10.1 Å². The molecule has 3 rings (SSSR count). The summed E-state index contributed by atoms with van der Waals surface area (Å²) >= 11 is 0. The Hall–Kier alpha value is -2.41. The lowest BCUT2D eigenvalue weighted by molar-refractivity contribution is -0.384. The summed E-state index contributed by atoms with van der Waals surface area (Å²) < 4.78 is 0. The van der Waals surface area contributed by atoms with Crippen molar-refractivity contribution in [1.82, 2.24) is 9.80 Å². The van der Waals surface area contributed by atoms with Gasteiger partial charge < -0.3 is 9.80 Å². The van der Waals surface area contributed by atoms with Gasteiger partial charge in [-0.2, -0.15) is 0 Å². The van der Waals surface area contributed by atoms with Gasteiger partial charge >= 0.3 is 0 Å². The van der Waals surface area contributed by atoms with E-state index in [0.717, 1.165) is 65.1 Å². The van der Waals surface area contributed by atoms with Crippen molar-refractivity contribution in [3.63, 3.8) is 0 Å². The minimum absolute atomic E-state index is 0.0302. The molecule has 2 aliphatic heterocycles. The van der Waals surface area contributed by atoms with Crippen molar-refractivity contribution in [2.75, 3.05) is 50.7 Å². The Balaban J connectivity index is 1.65. The first-order valence-corrected chi connectivity index (χ1v) is 9.81. The van der Waals surface area contributed by atoms with Crippen molar-refractivity contribution in [2.45, 2.75) is 26.2 Å². The summed E-state index contributed by atoms with van der Waals surface area (Å²) in [6, 6.07) is 5.22. The molecule has 0 saturated carbocycles. The highest BCUT2D eigenvalue weighted by molar-refractivity contribution is 5.92. The van der Waals surface area contributed by atoms with Gasteiger partial charge in [-0.15, -0.1) is 0 Å². The van der Waals surface area contributed by atoms with Crippen molar-refractivity contribution in [3.8, 4) is 0 Å². The summed E-state index contributed by atoms with van der Waals surface area (Å²) in [5, 5.41) is 11.5. The molecule has 0 N–H and O–H groups in total. The third-order valence-corrected chi connectivity index (χ3v) is 5.29. The molecule has 0 unspecified atom stereocenters. The molecule has 2 aliphatic rings. The average molecular weight is 372 g/mol. The lowest BCUT2D eigenvalue weighted by Gasteiger charge is -2.34. The maximum absolute atomic E-state index is 12.4. The van der Waals surface area contributed by atoms with Crippen LogP contribution in [-0.4, -0.2) is 66.4 Å². The van der Waals surface area contributed by atoms with E-state index in [9.17, 15) is 14.9 Å². The van der Waals surface area contributed by atoms with E-state index in [4.69, 9.17) is 0 Å². The number of carbonyl (C=O) groups is 1. The van der Waals surface area contributed by atoms with E-state index >= 15 is 0 Å². The minimum atomic E-state index is -0.334. The van der Waals surface area contributed by atoms with Gasteiger partial charge in [0.05, 0.1) is 4.92 Å². The average Bonchev–Trinajstić information content (AvgIpc) is 3.21. The van der Waals surface area contributed by atoms with Gasteiger partial charge in [0.15, 0.2) is 0 Å². The van der Waals surface area contributed by atoms with Crippen LogP contribution in [0.15, 0.2) is 24.3 Å². The normalized spacial score (nSPS) is 18.4. The number of amides is 1. The Bertz CT molecular complexity index is 705. The molecule has 7 nitrogen and oxygen atoms in total. The molecular weight excluding hydrogens is 344 g/mol. The quantitative estimate of drug-likeness (QED) is 0.436. The topological polar surface area (TPSA) is 69.9 Å². The summed E-state index contributed by atoms with van der Waals surface area (Å²) in [6.07, 6.45) is 6.48. The van der Waals surface area contributed by atoms with Gasteiger partial charge in [-0.25, -0.2) is 0 Å². The van der Waals surface area contributed by atoms with Crippen molar-refractivity contribution in [2.24, 2.45) is 0 Å². The van der Waals surface area contributed by atoms with Crippen LogP contribution in [0.5, 0.6) is 0 Å². The third kappa shape index (κ3) is 4.86. The minimum Gasteiger partial charge on any atom is -0.366 e. The molecule has 1 amide bonds. The van der Waals surface area contributed by atoms with E-state index in [0.29, 0.717) is 11.3 Å². The number of hydrogen-bond acceptors (Lipinski definition) is 5. The predicted octanol–water partition coefficient (Wildman–Crippen LogP) is 2.76. The second kappa shape index (κ2) is 8.99. The first kappa shape index (κ1) is 19.4. The molecule has 7 heteroatoms. The zero-order chi connectivity index (χ0) is 19.2. The number of nitro benzene ring substituents is 1. The van der Waals surface area contributed by atoms with Gasteiger partial charge in [0.1, 0.15) is 5.69 Å². The molecule has 146 valence electrons. The van der Waals surface area contributed by atoms with Crippen LogP contribution in [0.25, 0.3) is 6.08 Å². The zero-order valence-corrected chi connectivity index (χ0v) is 16.0. The number of nitro groups is 1. The van der Waals surface area contributed by atoms with E-state index in [2.05, 4.69) is 16.7 Å². The summed E-state index contributed by atoms with van der Waals surface area (Å²) in [4.78, 5) is 29.8. The molecule has 1 aromatic carbocycles. The second-order valence-electron chi connectivity index (χ2n) is 7.20. The van der Waals surface area contributed by atoms with Crippen LogP contribution in [0.4, 0.5) is 11.4 Å². The predicted molar refractivity (Wildman–Crippen MR) is 107 cm³/mol. The molecule has 2 heterocycles. The maximum atomic E-state index is 12.4. The van der Waals surface area contributed by atoms with Crippen LogP contribution in [0.2, 0.25) is 0 Å². The third-order valence-electron chi connectivity index (χ3n) is 5.29. The van der Waals surface area contributed by atoms with Crippen molar-refractivity contribution < 1.29 is 9.72 Å². The van der Waals surface area contributed by atoms with E-state index in [1.54, 1.807) is 18.2 Å². The summed E-state index contributed by atoms with van der Waals surface area (Å²) in [6.45, 7) is 8.23. The Morgan fingerprint density at radius 2 is 1.85 bits per heavy atom. The van der Waals surface area contributed by atoms with Gasteiger partial charge in [-0.05, 0) is 43.5 Å². The fraction of sp³-hybridized carbons (Fsp3) is 0.550. The van der Waals surface area contributed by atoms with Gasteiger partial charge in [-0.3, -0.25) is 19.8 Å². The van der Waals surface area contributed by atoms with Gasteiger partial charge in [-0.1, -0.05) is 13.0 Å². The van der Waals surface area contributed by atoms with E-state index < -0.39 is 0 Å². The Kier molecular flexibility index (Phi) is 6.45. The monoisotopic (exact) mass is 372 g/mol. The van der Waals surface area contributed by atoms with Crippen LogP contribution < -0.4 is 4.90 Å². The van der Waals surface area contributed by atoms with Crippen molar-refractivity contribution in [1.29, 1.82) is 0 Å². The Morgan fingerprint density at radius 1 is 1.15 bits per heavy atom. The number of carbonyl (C=O) groups excluding carboxylic acids is 1. The fourth-order valence-corrected chi connectivity index (χ4v) is 3.80. The Morgan fingerprint density at radius 3 is 2.48 bits per heavy atom. The van der Waals surface area contributed by atoms with Gasteiger partial charge in [0, 0.05) is 51.4 Å². The van der Waals surface area contributed by atoms with E-state index in [1.165, 1.54) is 6.08 Å². The largest absolute Gasteiger partial charge is 0.366 e. The van der Waals surface area contributed by atoms with Crippen LogP contribution in [-0.2, 0) is 4.79 Å². The number of benzene rings is 1. The molecule has 0 atom stereocenters. The van der Waals surface area contributed by atoms with Crippen LogP contribution in [0.3, 0.4) is 0 Å². The maximum Gasteiger partial charge on any atom is 0.293 e. The molecular formula is C20H28N4O3. The summed E-state index contributed by atoms with van der Waals surface area (Å²) in [5.74, 6) is -0.0302. The lowest BCUT2D eigenvalue weighted by Crippen LogP contribution is -2.48. The Labute approximate surface area is 160 Å².